The van der Waals surface area contributed by atoms with Crippen LogP contribution in [0, 0.1) is 0 Å². The van der Waals surface area contributed by atoms with Gasteiger partial charge in [0.15, 0.2) is 0 Å². The van der Waals surface area contributed by atoms with E-state index in [1.54, 1.807) is 11.3 Å². The van der Waals surface area contributed by atoms with Gasteiger partial charge in [0.05, 0.1) is 11.7 Å². The summed E-state index contributed by atoms with van der Waals surface area (Å²) in [7, 11) is 0. The molecule has 2 nitrogen and oxygen atoms in total. The van der Waals surface area contributed by atoms with E-state index in [4.69, 9.17) is 16.6 Å². The average molecular weight is 374 g/mol. The first-order valence-corrected chi connectivity index (χ1v) is 8.71. The van der Waals surface area contributed by atoms with Gasteiger partial charge in [-0.25, -0.2) is 4.98 Å². The van der Waals surface area contributed by atoms with Gasteiger partial charge in [-0.1, -0.05) is 54.4 Å². The number of nitrogens with one attached hydrogen (secondary N) is 1. The third kappa shape index (κ3) is 3.61. The molecule has 0 saturated heterocycles. The van der Waals surface area contributed by atoms with Gasteiger partial charge in [-0.15, -0.1) is 11.3 Å². The van der Waals surface area contributed by atoms with Crippen molar-refractivity contribution in [3.8, 4) is 0 Å². The summed E-state index contributed by atoms with van der Waals surface area (Å²) < 4.78 is 0.989. The van der Waals surface area contributed by atoms with E-state index in [9.17, 15) is 0 Å². The number of benzene rings is 1. The van der Waals surface area contributed by atoms with E-state index in [2.05, 4.69) is 53.5 Å². The second-order valence-electron chi connectivity index (χ2n) is 4.92. The lowest BCUT2D eigenvalue weighted by Crippen LogP contribution is -2.22. The van der Waals surface area contributed by atoms with E-state index in [1.165, 1.54) is 0 Å². The van der Waals surface area contributed by atoms with Crippen LogP contribution in [0.2, 0.25) is 5.02 Å². The first-order chi connectivity index (χ1) is 9.52. The van der Waals surface area contributed by atoms with Crippen LogP contribution in [0.1, 0.15) is 49.0 Å². The van der Waals surface area contributed by atoms with Crippen molar-refractivity contribution in [3.63, 3.8) is 0 Å². The molecular weight excluding hydrogens is 356 g/mol. The lowest BCUT2D eigenvalue weighted by molar-refractivity contribution is 0.623. The average Bonchev–Trinajstić information content (AvgIpc) is 2.86. The zero-order chi connectivity index (χ0) is 14.7. The number of hydrogen-bond acceptors (Lipinski definition) is 3. The van der Waals surface area contributed by atoms with Gasteiger partial charge in [0, 0.05) is 14.9 Å². The first-order valence-electron chi connectivity index (χ1n) is 6.66. The molecule has 1 unspecified atom stereocenters. The van der Waals surface area contributed by atoms with Gasteiger partial charge in [-0.3, -0.25) is 0 Å². The smallest absolute Gasteiger partial charge is 0.114 e. The molecule has 2 rings (SSSR count). The second-order valence-corrected chi connectivity index (χ2v) is 7.13. The van der Waals surface area contributed by atoms with E-state index in [1.807, 2.05) is 12.1 Å². The highest BCUT2D eigenvalue weighted by atomic mass is 79.9. The maximum absolute atomic E-state index is 6.39. The van der Waals surface area contributed by atoms with Crippen molar-refractivity contribution >= 4 is 38.9 Å². The number of hydrogen-bond donors (Lipinski definition) is 1. The molecule has 1 heterocycles. The summed E-state index contributed by atoms with van der Waals surface area (Å²) in [6.07, 6.45) is 0. The Kier molecular flexibility index (Phi) is 5.61. The topological polar surface area (TPSA) is 24.9 Å². The SMILES string of the molecule is CCNC(c1nc(C(C)C)cs1)c1ccc(Br)cc1Cl. The van der Waals surface area contributed by atoms with Gasteiger partial charge >= 0.3 is 0 Å². The van der Waals surface area contributed by atoms with E-state index < -0.39 is 0 Å². The maximum atomic E-state index is 6.39. The van der Waals surface area contributed by atoms with Gasteiger partial charge < -0.3 is 5.32 Å². The minimum atomic E-state index is 0.0538. The molecular formula is C15H18BrClN2S. The molecule has 0 bridgehead atoms. The fourth-order valence-corrected chi connectivity index (χ4v) is 3.82. The minimum absolute atomic E-state index is 0.0538. The minimum Gasteiger partial charge on any atom is -0.304 e. The van der Waals surface area contributed by atoms with Crippen molar-refractivity contribution < 1.29 is 0 Å². The van der Waals surface area contributed by atoms with Gasteiger partial charge in [0.1, 0.15) is 5.01 Å². The molecule has 0 aliphatic carbocycles. The summed E-state index contributed by atoms with van der Waals surface area (Å²) in [5.41, 5.74) is 2.21. The summed E-state index contributed by atoms with van der Waals surface area (Å²) in [5.74, 6) is 0.447. The van der Waals surface area contributed by atoms with Gasteiger partial charge in [0.25, 0.3) is 0 Å². The van der Waals surface area contributed by atoms with Crippen molar-refractivity contribution in [1.29, 1.82) is 0 Å². The molecule has 1 N–H and O–H groups in total. The zero-order valence-electron chi connectivity index (χ0n) is 11.8. The third-order valence-electron chi connectivity index (χ3n) is 3.06. The van der Waals surface area contributed by atoms with Gasteiger partial charge in [-0.05, 0) is 30.2 Å². The van der Waals surface area contributed by atoms with Crippen molar-refractivity contribution in [2.75, 3.05) is 6.54 Å². The van der Waals surface area contributed by atoms with Crippen LogP contribution < -0.4 is 5.32 Å². The Morgan fingerprint density at radius 2 is 2.15 bits per heavy atom. The lowest BCUT2D eigenvalue weighted by atomic mass is 10.1. The predicted octanol–water partition coefficient (Wildman–Crippen LogP) is 5.38. The van der Waals surface area contributed by atoms with Crippen LogP contribution in [0.3, 0.4) is 0 Å². The van der Waals surface area contributed by atoms with Crippen molar-refractivity contribution in [2.45, 2.75) is 32.7 Å². The Morgan fingerprint density at radius 1 is 1.40 bits per heavy atom. The number of halogens is 2. The summed E-state index contributed by atoms with van der Waals surface area (Å²) >= 11 is 11.5. The van der Waals surface area contributed by atoms with Crippen LogP contribution in [0.15, 0.2) is 28.1 Å². The van der Waals surface area contributed by atoms with Crippen molar-refractivity contribution in [2.24, 2.45) is 0 Å². The molecule has 1 aromatic heterocycles. The Morgan fingerprint density at radius 3 is 2.70 bits per heavy atom. The summed E-state index contributed by atoms with van der Waals surface area (Å²) in [5, 5.41) is 7.44. The molecule has 0 radical (unpaired) electrons. The maximum Gasteiger partial charge on any atom is 0.114 e. The van der Waals surface area contributed by atoms with Crippen LogP contribution >= 0.6 is 38.9 Å². The molecule has 20 heavy (non-hydrogen) atoms. The molecule has 0 aliphatic heterocycles. The first kappa shape index (κ1) is 16.0. The highest BCUT2D eigenvalue weighted by Gasteiger charge is 2.20. The van der Waals surface area contributed by atoms with Gasteiger partial charge in [0.2, 0.25) is 0 Å². The largest absolute Gasteiger partial charge is 0.304 e. The Balaban J connectivity index is 2.39. The molecule has 0 spiro atoms. The fourth-order valence-electron chi connectivity index (χ4n) is 1.97. The number of nitrogens with zero attached hydrogens (tertiary/aromatic N) is 1. The summed E-state index contributed by atoms with van der Waals surface area (Å²) in [6.45, 7) is 7.28. The van der Waals surface area contributed by atoms with Crippen LogP contribution in [-0.4, -0.2) is 11.5 Å². The molecule has 2 aromatic rings. The van der Waals surface area contributed by atoms with E-state index in [-0.39, 0.29) is 6.04 Å². The number of aromatic nitrogens is 1. The van der Waals surface area contributed by atoms with Crippen LogP contribution in [0.5, 0.6) is 0 Å². The summed E-state index contributed by atoms with van der Waals surface area (Å²) in [6, 6.07) is 6.05. The molecule has 5 heteroatoms. The van der Waals surface area contributed by atoms with Crippen LogP contribution in [0.25, 0.3) is 0 Å². The fraction of sp³-hybridized carbons (Fsp3) is 0.400. The Hall–Kier alpha value is -0.420. The van der Waals surface area contributed by atoms with Gasteiger partial charge in [-0.2, -0.15) is 0 Å². The monoisotopic (exact) mass is 372 g/mol. The zero-order valence-corrected chi connectivity index (χ0v) is 14.9. The highest BCUT2D eigenvalue weighted by Crippen LogP contribution is 2.33. The number of thiazole rings is 1. The molecule has 1 aromatic carbocycles. The molecule has 1 atom stereocenters. The van der Waals surface area contributed by atoms with E-state index >= 15 is 0 Å². The Labute approximate surface area is 137 Å². The molecule has 0 amide bonds. The molecule has 0 aliphatic rings. The lowest BCUT2D eigenvalue weighted by Gasteiger charge is -2.17. The standard InChI is InChI=1S/C15H18BrClN2S/c1-4-18-14(11-6-5-10(16)7-12(11)17)15-19-13(8-20-15)9(2)3/h5-9,14,18H,4H2,1-3H3. The molecule has 0 saturated carbocycles. The van der Waals surface area contributed by atoms with E-state index in [0.29, 0.717) is 5.92 Å². The Bertz CT molecular complexity index is 583. The summed E-state index contributed by atoms with van der Waals surface area (Å²) in [4.78, 5) is 4.75. The van der Waals surface area contributed by atoms with Crippen LogP contribution in [-0.2, 0) is 0 Å². The molecule has 0 fully saturated rings. The predicted molar refractivity (Wildman–Crippen MR) is 90.9 cm³/mol. The van der Waals surface area contributed by atoms with Crippen molar-refractivity contribution in [3.05, 3.63) is 49.3 Å². The third-order valence-corrected chi connectivity index (χ3v) is 4.81. The van der Waals surface area contributed by atoms with Crippen LogP contribution in [0.4, 0.5) is 0 Å². The number of rotatable bonds is 5. The van der Waals surface area contributed by atoms with Crippen molar-refractivity contribution in [1.82, 2.24) is 10.3 Å². The molecule has 108 valence electrons. The second kappa shape index (κ2) is 7.03. The quantitative estimate of drug-likeness (QED) is 0.761. The highest BCUT2D eigenvalue weighted by molar-refractivity contribution is 9.10. The normalized spacial score (nSPS) is 12.9. The van der Waals surface area contributed by atoms with E-state index in [0.717, 1.165) is 32.3 Å².